The van der Waals surface area contributed by atoms with Gasteiger partial charge in [0.25, 0.3) is 0 Å². The average molecular weight is 270 g/mol. The van der Waals surface area contributed by atoms with Gasteiger partial charge in [-0.3, -0.25) is 4.79 Å². The van der Waals surface area contributed by atoms with Gasteiger partial charge in [-0.15, -0.1) is 0 Å². The number of ether oxygens (including phenoxy) is 1. The fourth-order valence-electron chi connectivity index (χ4n) is 2.47. The fourth-order valence-corrected chi connectivity index (χ4v) is 2.47. The second-order valence-corrected chi connectivity index (χ2v) is 4.83. The van der Waals surface area contributed by atoms with Gasteiger partial charge < -0.3 is 14.9 Å². The minimum absolute atomic E-state index is 0.0559. The van der Waals surface area contributed by atoms with Crippen molar-refractivity contribution in [2.45, 2.75) is 19.1 Å². The average Bonchev–Trinajstić information content (AvgIpc) is 2.57. The van der Waals surface area contributed by atoms with Crippen molar-refractivity contribution in [1.29, 1.82) is 0 Å². The Bertz CT molecular complexity index is 663. The maximum Gasteiger partial charge on any atom is 0.307 e. The number of carboxylic acid groups (broad SMARTS) is 1. The molecule has 0 amide bonds. The standard InChI is InChI=1S/C16H14O4/c17-15(18)8-10-5-6-13-14(7-10)20-9-11-3-1-2-4-12(11)16(13)19/h1-7,16,19H,8-9H2,(H,17,18)/t16-/m1/s1. The predicted molar refractivity (Wildman–Crippen MR) is 72.6 cm³/mol. The number of hydrogen-bond donors (Lipinski definition) is 2. The summed E-state index contributed by atoms with van der Waals surface area (Å²) in [4.78, 5) is 10.8. The maximum atomic E-state index is 10.8. The largest absolute Gasteiger partial charge is 0.488 e. The van der Waals surface area contributed by atoms with Crippen LogP contribution >= 0.6 is 0 Å². The van der Waals surface area contributed by atoms with Crippen molar-refractivity contribution in [1.82, 2.24) is 0 Å². The van der Waals surface area contributed by atoms with Crippen LogP contribution in [0.2, 0.25) is 0 Å². The first-order valence-electron chi connectivity index (χ1n) is 6.38. The lowest BCUT2D eigenvalue weighted by molar-refractivity contribution is -0.136. The smallest absolute Gasteiger partial charge is 0.307 e. The minimum Gasteiger partial charge on any atom is -0.488 e. The van der Waals surface area contributed by atoms with E-state index in [0.717, 1.165) is 11.1 Å². The third-order valence-electron chi connectivity index (χ3n) is 3.46. The molecule has 20 heavy (non-hydrogen) atoms. The van der Waals surface area contributed by atoms with E-state index in [2.05, 4.69) is 0 Å². The van der Waals surface area contributed by atoms with E-state index >= 15 is 0 Å². The molecule has 0 spiro atoms. The maximum absolute atomic E-state index is 10.8. The summed E-state index contributed by atoms with van der Waals surface area (Å²) in [5.74, 6) is -0.338. The summed E-state index contributed by atoms with van der Waals surface area (Å²) in [6.07, 6.45) is -0.803. The first-order chi connectivity index (χ1) is 9.65. The first-order valence-corrected chi connectivity index (χ1v) is 6.38. The van der Waals surface area contributed by atoms with Crippen LogP contribution in [0.3, 0.4) is 0 Å². The van der Waals surface area contributed by atoms with Gasteiger partial charge in [0, 0.05) is 5.56 Å². The molecule has 1 heterocycles. The number of aliphatic carboxylic acids is 1. The van der Waals surface area contributed by atoms with E-state index in [1.807, 2.05) is 24.3 Å². The van der Waals surface area contributed by atoms with Crippen LogP contribution in [-0.2, 0) is 17.8 Å². The molecule has 0 unspecified atom stereocenters. The second kappa shape index (κ2) is 4.98. The van der Waals surface area contributed by atoms with Gasteiger partial charge in [-0.25, -0.2) is 0 Å². The van der Waals surface area contributed by atoms with Crippen molar-refractivity contribution >= 4 is 5.97 Å². The number of carbonyl (C=O) groups is 1. The van der Waals surface area contributed by atoms with E-state index < -0.39 is 12.1 Å². The zero-order chi connectivity index (χ0) is 14.1. The number of benzene rings is 2. The Hall–Kier alpha value is -2.33. The summed E-state index contributed by atoms with van der Waals surface area (Å²) in [6, 6.07) is 12.7. The molecule has 4 nitrogen and oxygen atoms in total. The van der Waals surface area contributed by atoms with E-state index in [-0.39, 0.29) is 6.42 Å². The number of fused-ring (bicyclic) bond motifs is 2. The molecule has 0 bridgehead atoms. The monoisotopic (exact) mass is 270 g/mol. The lowest BCUT2D eigenvalue weighted by atomic mass is 9.96. The zero-order valence-corrected chi connectivity index (χ0v) is 10.7. The van der Waals surface area contributed by atoms with Gasteiger partial charge in [0.2, 0.25) is 0 Å². The molecule has 0 saturated carbocycles. The third kappa shape index (κ3) is 2.26. The molecule has 0 fully saturated rings. The van der Waals surface area contributed by atoms with Crippen LogP contribution in [0, 0.1) is 0 Å². The Labute approximate surface area is 116 Å². The highest BCUT2D eigenvalue weighted by atomic mass is 16.5. The molecule has 2 aromatic carbocycles. The Kier molecular flexibility index (Phi) is 3.16. The van der Waals surface area contributed by atoms with Crippen LogP contribution in [0.5, 0.6) is 5.75 Å². The number of rotatable bonds is 2. The molecular formula is C16H14O4. The summed E-state index contributed by atoms with van der Waals surface area (Å²) in [6.45, 7) is 0.372. The summed E-state index contributed by atoms with van der Waals surface area (Å²) < 4.78 is 5.71. The van der Waals surface area contributed by atoms with Crippen molar-refractivity contribution in [2.75, 3.05) is 0 Å². The van der Waals surface area contributed by atoms with Gasteiger partial charge in [-0.05, 0) is 22.8 Å². The Balaban J connectivity index is 2.02. The van der Waals surface area contributed by atoms with Crippen molar-refractivity contribution < 1.29 is 19.7 Å². The zero-order valence-electron chi connectivity index (χ0n) is 10.7. The molecule has 2 aromatic rings. The van der Waals surface area contributed by atoms with E-state index in [4.69, 9.17) is 9.84 Å². The van der Waals surface area contributed by atoms with Crippen molar-refractivity contribution in [2.24, 2.45) is 0 Å². The number of aliphatic hydroxyl groups is 1. The van der Waals surface area contributed by atoms with Gasteiger partial charge in [0.15, 0.2) is 0 Å². The lowest BCUT2D eigenvalue weighted by Crippen LogP contribution is -2.03. The molecule has 3 rings (SSSR count). The van der Waals surface area contributed by atoms with Gasteiger partial charge >= 0.3 is 5.97 Å². The van der Waals surface area contributed by atoms with Crippen LogP contribution < -0.4 is 4.74 Å². The lowest BCUT2D eigenvalue weighted by Gasteiger charge is -2.13. The van der Waals surface area contributed by atoms with Crippen LogP contribution in [0.1, 0.15) is 28.4 Å². The molecule has 102 valence electrons. The fraction of sp³-hybridized carbons (Fsp3) is 0.188. The highest BCUT2D eigenvalue weighted by Crippen LogP contribution is 2.36. The number of carboxylic acids is 1. The third-order valence-corrected chi connectivity index (χ3v) is 3.46. The molecule has 4 heteroatoms. The number of hydrogen-bond acceptors (Lipinski definition) is 3. The summed E-state index contributed by atoms with van der Waals surface area (Å²) in [7, 11) is 0. The summed E-state index contributed by atoms with van der Waals surface area (Å²) in [5, 5.41) is 19.3. The van der Waals surface area contributed by atoms with Crippen LogP contribution in [0.15, 0.2) is 42.5 Å². The molecule has 0 saturated heterocycles. The SMILES string of the molecule is O=C(O)Cc1ccc2c(c1)OCc1ccccc1[C@H]2O. The molecule has 0 aliphatic carbocycles. The first kappa shape index (κ1) is 12.7. The molecule has 2 N–H and O–H groups in total. The van der Waals surface area contributed by atoms with Gasteiger partial charge in [0.1, 0.15) is 18.5 Å². The highest BCUT2D eigenvalue weighted by molar-refractivity contribution is 5.70. The van der Waals surface area contributed by atoms with Gasteiger partial charge in [0.05, 0.1) is 6.42 Å². The van der Waals surface area contributed by atoms with E-state index in [9.17, 15) is 9.90 Å². The molecular weight excluding hydrogens is 256 g/mol. The molecule has 1 aliphatic rings. The van der Waals surface area contributed by atoms with Crippen molar-refractivity contribution in [3.05, 3.63) is 64.7 Å². The second-order valence-electron chi connectivity index (χ2n) is 4.83. The highest BCUT2D eigenvalue weighted by Gasteiger charge is 2.22. The Morgan fingerprint density at radius 1 is 1.20 bits per heavy atom. The minimum atomic E-state index is -0.887. The molecule has 1 atom stereocenters. The van der Waals surface area contributed by atoms with E-state index in [0.29, 0.717) is 23.5 Å². The van der Waals surface area contributed by atoms with Crippen LogP contribution in [-0.4, -0.2) is 16.2 Å². The van der Waals surface area contributed by atoms with Crippen molar-refractivity contribution in [3.8, 4) is 5.75 Å². The Morgan fingerprint density at radius 2 is 2.00 bits per heavy atom. The van der Waals surface area contributed by atoms with Crippen LogP contribution in [0.4, 0.5) is 0 Å². The molecule has 0 radical (unpaired) electrons. The quantitative estimate of drug-likeness (QED) is 0.878. The predicted octanol–water partition coefficient (Wildman–Crippen LogP) is 2.29. The van der Waals surface area contributed by atoms with Gasteiger partial charge in [-0.2, -0.15) is 0 Å². The number of aliphatic hydroxyl groups excluding tert-OH is 1. The molecule has 1 aliphatic heterocycles. The summed E-state index contributed by atoms with van der Waals surface area (Å²) in [5.41, 5.74) is 3.10. The molecule has 0 aromatic heterocycles. The van der Waals surface area contributed by atoms with Gasteiger partial charge in [-0.1, -0.05) is 36.4 Å². The van der Waals surface area contributed by atoms with Crippen LogP contribution in [0.25, 0.3) is 0 Å². The summed E-state index contributed by atoms with van der Waals surface area (Å²) >= 11 is 0. The van der Waals surface area contributed by atoms with Crippen molar-refractivity contribution in [3.63, 3.8) is 0 Å². The normalized spacial score (nSPS) is 16.6. The topological polar surface area (TPSA) is 66.8 Å². The Morgan fingerprint density at radius 3 is 2.80 bits per heavy atom. The van der Waals surface area contributed by atoms with E-state index in [1.165, 1.54) is 0 Å². The van der Waals surface area contributed by atoms with E-state index in [1.54, 1.807) is 18.2 Å².